The number of piperidine rings is 1. The lowest BCUT2D eigenvalue weighted by Gasteiger charge is -2.31. The van der Waals surface area contributed by atoms with E-state index in [1.54, 1.807) is 5.38 Å². The molecule has 1 fully saturated rings. The Morgan fingerprint density at radius 3 is 2.47 bits per heavy atom. The lowest BCUT2D eigenvalue weighted by molar-refractivity contribution is -0.138. The maximum Gasteiger partial charge on any atom is 0.390 e. The first-order valence-corrected chi connectivity index (χ1v) is 11.5. The monoisotopic (exact) mass is 459 g/mol. The Morgan fingerprint density at radius 2 is 1.75 bits per heavy atom. The van der Waals surface area contributed by atoms with E-state index < -0.39 is 12.6 Å². The lowest BCUT2D eigenvalue weighted by atomic mass is 9.97. The van der Waals surface area contributed by atoms with Crippen molar-refractivity contribution in [2.45, 2.75) is 31.4 Å². The summed E-state index contributed by atoms with van der Waals surface area (Å²) in [6, 6.07) is 17.5. The molecule has 1 aliphatic heterocycles. The summed E-state index contributed by atoms with van der Waals surface area (Å²) in [6.45, 7) is 1.28. The van der Waals surface area contributed by atoms with Crippen molar-refractivity contribution in [3.8, 4) is 11.1 Å². The van der Waals surface area contributed by atoms with E-state index in [-0.39, 0.29) is 18.4 Å². The lowest BCUT2D eigenvalue weighted by Crippen LogP contribution is -2.35. The summed E-state index contributed by atoms with van der Waals surface area (Å²) in [6.07, 6.45) is -3.39. The number of benzene rings is 2. The first-order valence-electron chi connectivity index (χ1n) is 10.6. The maximum atomic E-state index is 12.8. The van der Waals surface area contributed by atoms with Crippen LogP contribution in [-0.4, -0.2) is 41.6 Å². The summed E-state index contributed by atoms with van der Waals surface area (Å²) in [5, 5.41) is 5.60. The number of thiazole rings is 1. The van der Waals surface area contributed by atoms with Gasteiger partial charge in [-0.1, -0.05) is 48.5 Å². The average molecular weight is 460 g/mol. The number of aromatic nitrogens is 1. The van der Waals surface area contributed by atoms with E-state index in [1.807, 2.05) is 59.5 Å². The topological polar surface area (TPSA) is 45.2 Å². The minimum atomic E-state index is -4.12. The molecule has 0 saturated carbocycles. The maximum absolute atomic E-state index is 12.8. The standard InChI is InChI=1S/C24H24F3N3OS/c25-24(26,27)12-15-30-13-10-18(11-14-30)23-29-21(16-32-23)22(31)28-20-9-5-4-8-19(20)17-6-2-1-3-7-17/h1-9,16,18H,10-15H2,(H,28,31). The summed E-state index contributed by atoms with van der Waals surface area (Å²) in [5.74, 6) is -0.0845. The molecule has 0 atom stereocenters. The van der Waals surface area contributed by atoms with Gasteiger partial charge in [0.2, 0.25) is 0 Å². The Morgan fingerprint density at radius 1 is 1.06 bits per heavy atom. The van der Waals surface area contributed by atoms with Crippen LogP contribution in [0, 0.1) is 0 Å². The molecule has 32 heavy (non-hydrogen) atoms. The number of carbonyl (C=O) groups excluding carboxylic acids is 1. The second-order valence-electron chi connectivity index (χ2n) is 7.92. The van der Waals surface area contributed by atoms with Gasteiger partial charge in [-0.2, -0.15) is 13.2 Å². The van der Waals surface area contributed by atoms with Crippen molar-refractivity contribution in [3.05, 3.63) is 70.7 Å². The van der Waals surface area contributed by atoms with Gasteiger partial charge in [0.15, 0.2) is 0 Å². The van der Waals surface area contributed by atoms with Gasteiger partial charge in [0, 0.05) is 29.1 Å². The second-order valence-corrected chi connectivity index (χ2v) is 8.81. The average Bonchev–Trinajstić information content (AvgIpc) is 3.29. The van der Waals surface area contributed by atoms with Crippen LogP contribution in [-0.2, 0) is 0 Å². The molecule has 2 heterocycles. The third-order valence-corrected chi connectivity index (χ3v) is 6.67. The van der Waals surface area contributed by atoms with Gasteiger partial charge in [-0.25, -0.2) is 4.98 Å². The summed E-state index contributed by atoms with van der Waals surface area (Å²) < 4.78 is 37.3. The Balaban J connectivity index is 1.37. The van der Waals surface area contributed by atoms with Crippen LogP contribution in [0.1, 0.15) is 40.7 Å². The normalized spacial score (nSPS) is 15.6. The first kappa shape index (κ1) is 22.5. The predicted molar refractivity (Wildman–Crippen MR) is 121 cm³/mol. The zero-order valence-corrected chi connectivity index (χ0v) is 18.3. The number of hydrogen-bond donors (Lipinski definition) is 1. The van der Waals surface area contributed by atoms with Crippen LogP contribution in [0.4, 0.5) is 18.9 Å². The van der Waals surface area contributed by atoms with Crippen LogP contribution in [0.15, 0.2) is 60.0 Å². The Bertz CT molecular complexity index is 1040. The number of nitrogens with one attached hydrogen (secondary N) is 1. The molecule has 0 aliphatic carbocycles. The molecule has 1 N–H and O–H groups in total. The van der Waals surface area contributed by atoms with Crippen molar-refractivity contribution < 1.29 is 18.0 Å². The number of hydrogen-bond acceptors (Lipinski definition) is 4. The van der Waals surface area contributed by atoms with Gasteiger partial charge in [0.25, 0.3) is 5.91 Å². The molecule has 2 aromatic carbocycles. The smallest absolute Gasteiger partial charge is 0.320 e. The van der Waals surface area contributed by atoms with E-state index >= 15 is 0 Å². The van der Waals surface area contributed by atoms with Gasteiger partial charge in [-0.15, -0.1) is 11.3 Å². The summed E-state index contributed by atoms with van der Waals surface area (Å²) in [7, 11) is 0. The number of likely N-dealkylation sites (tertiary alicyclic amines) is 1. The van der Waals surface area contributed by atoms with Crippen molar-refractivity contribution in [3.63, 3.8) is 0 Å². The molecule has 1 aliphatic rings. The molecule has 3 aromatic rings. The zero-order chi connectivity index (χ0) is 22.6. The zero-order valence-electron chi connectivity index (χ0n) is 17.4. The fourth-order valence-corrected chi connectivity index (χ4v) is 4.89. The number of anilines is 1. The van der Waals surface area contributed by atoms with Crippen LogP contribution in [0.3, 0.4) is 0 Å². The molecule has 168 valence electrons. The van der Waals surface area contributed by atoms with E-state index in [4.69, 9.17) is 0 Å². The van der Waals surface area contributed by atoms with E-state index in [0.717, 1.165) is 34.7 Å². The van der Waals surface area contributed by atoms with Gasteiger partial charge >= 0.3 is 6.18 Å². The number of halogens is 3. The highest BCUT2D eigenvalue weighted by Gasteiger charge is 2.30. The van der Waals surface area contributed by atoms with Crippen molar-refractivity contribution in [2.75, 3.05) is 25.0 Å². The Hall–Kier alpha value is -2.71. The molecule has 0 radical (unpaired) electrons. The highest BCUT2D eigenvalue weighted by Crippen LogP contribution is 2.32. The van der Waals surface area contributed by atoms with Crippen LogP contribution in [0.2, 0.25) is 0 Å². The van der Waals surface area contributed by atoms with E-state index in [1.165, 1.54) is 11.3 Å². The number of amides is 1. The van der Waals surface area contributed by atoms with Gasteiger partial charge in [0.1, 0.15) is 5.69 Å². The number of carbonyl (C=O) groups is 1. The van der Waals surface area contributed by atoms with Crippen LogP contribution >= 0.6 is 11.3 Å². The first-order chi connectivity index (χ1) is 15.4. The highest BCUT2D eigenvalue weighted by molar-refractivity contribution is 7.10. The van der Waals surface area contributed by atoms with E-state index in [0.29, 0.717) is 18.8 Å². The molecule has 0 bridgehead atoms. The second kappa shape index (κ2) is 9.83. The minimum absolute atomic E-state index is 0.0442. The number of para-hydroxylation sites is 1. The Kier molecular flexibility index (Phi) is 6.91. The largest absolute Gasteiger partial charge is 0.390 e. The summed E-state index contributed by atoms with van der Waals surface area (Å²) >= 11 is 1.44. The number of rotatable bonds is 6. The fourth-order valence-electron chi connectivity index (χ4n) is 3.92. The molecule has 1 saturated heterocycles. The third kappa shape index (κ3) is 5.75. The van der Waals surface area contributed by atoms with E-state index in [2.05, 4.69) is 10.3 Å². The molecular weight excluding hydrogens is 435 g/mol. The quantitative estimate of drug-likeness (QED) is 0.478. The molecule has 0 unspecified atom stereocenters. The molecule has 0 spiro atoms. The van der Waals surface area contributed by atoms with Crippen LogP contribution in [0.25, 0.3) is 11.1 Å². The SMILES string of the molecule is O=C(Nc1ccccc1-c1ccccc1)c1csc(C2CCN(CCC(F)(F)F)CC2)n1. The Labute approximate surface area is 189 Å². The van der Waals surface area contributed by atoms with E-state index in [9.17, 15) is 18.0 Å². The molecular formula is C24H24F3N3OS. The third-order valence-electron chi connectivity index (χ3n) is 5.66. The fraction of sp³-hybridized carbons (Fsp3) is 0.333. The van der Waals surface area contributed by atoms with Gasteiger partial charge in [0.05, 0.1) is 11.4 Å². The van der Waals surface area contributed by atoms with Crippen LogP contribution in [0.5, 0.6) is 0 Å². The number of alkyl halides is 3. The molecule has 4 rings (SSSR count). The van der Waals surface area contributed by atoms with Crippen molar-refractivity contribution >= 4 is 22.9 Å². The molecule has 4 nitrogen and oxygen atoms in total. The molecule has 1 amide bonds. The minimum Gasteiger partial charge on any atom is -0.320 e. The van der Waals surface area contributed by atoms with Crippen molar-refractivity contribution in [1.29, 1.82) is 0 Å². The highest BCUT2D eigenvalue weighted by atomic mass is 32.1. The predicted octanol–water partition coefficient (Wildman–Crippen LogP) is 6.19. The summed E-state index contributed by atoms with van der Waals surface area (Å²) in [5.41, 5.74) is 3.03. The number of nitrogens with zero attached hydrogens (tertiary/aromatic N) is 2. The molecule has 8 heteroatoms. The van der Waals surface area contributed by atoms with Crippen LogP contribution < -0.4 is 5.32 Å². The van der Waals surface area contributed by atoms with Crippen molar-refractivity contribution in [2.24, 2.45) is 0 Å². The summed E-state index contributed by atoms with van der Waals surface area (Å²) in [4.78, 5) is 19.2. The van der Waals surface area contributed by atoms with Gasteiger partial charge in [-0.3, -0.25) is 4.79 Å². The molecule has 1 aromatic heterocycles. The van der Waals surface area contributed by atoms with Crippen molar-refractivity contribution in [1.82, 2.24) is 9.88 Å². The van der Waals surface area contributed by atoms with Gasteiger partial charge in [-0.05, 0) is 37.6 Å². The van der Waals surface area contributed by atoms with Gasteiger partial charge < -0.3 is 10.2 Å².